The minimum atomic E-state index is -0.334. The third-order valence-corrected chi connectivity index (χ3v) is 4.50. The molecule has 1 aromatic rings. The molecule has 2 nitrogen and oxygen atoms in total. The Morgan fingerprint density at radius 1 is 1.22 bits per heavy atom. The van der Waals surface area contributed by atoms with E-state index in [9.17, 15) is 4.79 Å². The van der Waals surface area contributed by atoms with Gasteiger partial charge in [0.2, 0.25) is 0 Å². The Bertz CT molecular complexity index is 600. The van der Waals surface area contributed by atoms with E-state index >= 15 is 0 Å². The van der Waals surface area contributed by atoms with Crippen molar-refractivity contribution in [2.24, 2.45) is 11.3 Å². The standard InChI is InChI=1S/C21H27NO.2C2H6/c1-4-9-17(10-5-2)13-19-15-22-16-21(3,20(19)23)14-18-11-7-6-8-12-18;2*1-2/h4-12,19,22H,1,13-16H2,2-3H3;2*1-2H3/b10-5-,17-9+;;. The van der Waals surface area contributed by atoms with Crippen LogP contribution in [0.15, 0.2) is 66.8 Å². The van der Waals surface area contributed by atoms with Gasteiger partial charge in [-0.25, -0.2) is 0 Å². The molecule has 1 N–H and O–H groups in total. The van der Waals surface area contributed by atoms with Crippen molar-refractivity contribution < 1.29 is 4.79 Å². The van der Waals surface area contributed by atoms with Crippen LogP contribution >= 0.6 is 0 Å². The number of hydrogen-bond donors (Lipinski definition) is 1. The van der Waals surface area contributed by atoms with E-state index in [1.165, 1.54) is 5.56 Å². The molecule has 0 aliphatic carbocycles. The summed E-state index contributed by atoms with van der Waals surface area (Å²) in [5.74, 6) is 0.402. The zero-order valence-corrected chi connectivity index (χ0v) is 18.2. The number of carbonyl (C=O) groups is 1. The molecule has 1 aliphatic heterocycles. The van der Waals surface area contributed by atoms with Crippen LogP contribution in [-0.4, -0.2) is 18.9 Å². The van der Waals surface area contributed by atoms with E-state index in [0.717, 1.165) is 31.5 Å². The Morgan fingerprint density at radius 3 is 2.41 bits per heavy atom. The lowest BCUT2D eigenvalue weighted by Crippen LogP contribution is -2.52. The molecule has 0 saturated carbocycles. The van der Waals surface area contributed by atoms with Crippen LogP contribution in [0.2, 0.25) is 0 Å². The summed E-state index contributed by atoms with van der Waals surface area (Å²) < 4.78 is 0. The Kier molecular flexibility index (Phi) is 13.2. The summed E-state index contributed by atoms with van der Waals surface area (Å²) in [6.07, 6.45) is 9.43. The molecule has 1 aromatic carbocycles. The van der Waals surface area contributed by atoms with E-state index in [0.29, 0.717) is 5.78 Å². The molecule has 1 fully saturated rings. The average Bonchev–Trinajstić information content (AvgIpc) is 2.70. The molecule has 2 rings (SSSR count). The Balaban J connectivity index is 0.00000158. The van der Waals surface area contributed by atoms with Crippen molar-refractivity contribution in [1.82, 2.24) is 5.32 Å². The minimum Gasteiger partial charge on any atom is -0.315 e. The summed E-state index contributed by atoms with van der Waals surface area (Å²) in [7, 11) is 0. The summed E-state index contributed by atoms with van der Waals surface area (Å²) in [6.45, 7) is 17.4. The Morgan fingerprint density at radius 2 is 1.85 bits per heavy atom. The summed E-state index contributed by atoms with van der Waals surface area (Å²) in [5.41, 5.74) is 2.05. The van der Waals surface area contributed by atoms with Crippen LogP contribution in [0.4, 0.5) is 0 Å². The van der Waals surface area contributed by atoms with Crippen molar-refractivity contribution in [2.45, 2.75) is 54.4 Å². The van der Waals surface area contributed by atoms with Gasteiger partial charge in [0.1, 0.15) is 5.78 Å². The first-order chi connectivity index (χ1) is 13.1. The van der Waals surface area contributed by atoms with Gasteiger partial charge in [-0.1, -0.05) is 95.8 Å². The van der Waals surface area contributed by atoms with E-state index in [4.69, 9.17) is 0 Å². The number of nitrogens with one attached hydrogen (secondary N) is 1. The van der Waals surface area contributed by atoms with Gasteiger partial charge in [0.15, 0.2) is 0 Å². The number of hydrogen-bond acceptors (Lipinski definition) is 2. The van der Waals surface area contributed by atoms with Gasteiger partial charge in [-0.05, 0) is 30.9 Å². The quantitative estimate of drug-likeness (QED) is 0.609. The molecule has 0 aromatic heterocycles. The molecule has 2 atom stereocenters. The second-order valence-corrected chi connectivity index (χ2v) is 6.60. The number of piperidine rings is 1. The number of rotatable bonds is 6. The molecule has 0 spiro atoms. The highest BCUT2D eigenvalue weighted by molar-refractivity contribution is 5.88. The second kappa shape index (κ2) is 14.2. The van der Waals surface area contributed by atoms with Gasteiger partial charge in [0.25, 0.3) is 0 Å². The maximum Gasteiger partial charge on any atom is 0.145 e. The zero-order chi connectivity index (χ0) is 20.7. The van der Waals surface area contributed by atoms with Crippen LogP contribution in [0.25, 0.3) is 0 Å². The van der Waals surface area contributed by atoms with Crippen molar-refractivity contribution in [2.75, 3.05) is 13.1 Å². The molecule has 1 heterocycles. The maximum absolute atomic E-state index is 13.1. The van der Waals surface area contributed by atoms with Crippen molar-refractivity contribution in [1.29, 1.82) is 0 Å². The number of benzene rings is 1. The molecule has 2 unspecified atom stereocenters. The predicted molar refractivity (Wildman–Crippen MR) is 120 cm³/mol. The van der Waals surface area contributed by atoms with Gasteiger partial charge in [0, 0.05) is 24.4 Å². The number of allylic oxidation sites excluding steroid dienone is 5. The van der Waals surface area contributed by atoms with Gasteiger partial charge >= 0.3 is 0 Å². The largest absolute Gasteiger partial charge is 0.315 e. The molecule has 27 heavy (non-hydrogen) atoms. The summed E-state index contributed by atoms with van der Waals surface area (Å²) in [4.78, 5) is 13.1. The first-order valence-corrected chi connectivity index (χ1v) is 10.3. The van der Waals surface area contributed by atoms with Crippen molar-refractivity contribution >= 4 is 5.78 Å². The van der Waals surface area contributed by atoms with E-state index < -0.39 is 0 Å². The molecular weight excluding hydrogens is 330 g/mol. The van der Waals surface area contributed by atoms with Gasteiger partial charge in [0.05, 0.1) is 0 Å². The smallest absolute Gasteiger partial charge is 0.145 e. The van der Waals surface area contributed by atoms with E-state index in [1.54, 1.807) is 6.08 Å². The van der Waals surface area contributed by atoms with Crippen molar-refractivity contribution in [3.63, 3.8) is 0 Å². The zero-order valence-electron chi connectivity index (χ0n) is 18.2. The highest BCUT2D eigenvalue weighted by atomic mass is 16.1. The molecule has 1 saturated heterocycles. The third-order valence-electron chi connectivity index (χ3n) is 4.50. The predicted octanol–water partition coefficient (Wildman–Crippen LogP) is 6.15. The number of Topliss-reactive ketones (excluding diaryl/α,β-unsaturated/α-hetero) is 1. The van der Waals surface area contributed by atoms with Crippen molar-refractivity contribution in [3.8, 4) is 0 Å². The van der Waals surface area contributed by atoms with Gasteiger partial charge in [-0.2, -0.15) is 0 Å². The maximum atomic E-state index is 13.1. The molecule has 0 bridgehead atoms. The van der Waals surface area contributed by atoms with Gasteiger partial charge < -0.3 is 5.32 Å². The van der Waals surface area contributed by atoms with Crippen molar-refractivity contribution in [3.05, 3.63) is 72.4 Å². The Hall–Kier alpha value is -1.93. The van der Waals surface area contributed by atoms with Crippen LogP contribution in [0.1, 0.15) is 53.5 Å². The first-order valence-electron chi connectivity index (χ1n) is 10.3. The molecule has 1 aliphatic rings. The van der Waals surface area contributed by atoms with Crippen LogP contribution in [0.5, 0.6) is 0 Å². The first kappa shape index (κ1) is 25.1. The highest BCUT2D eigenvalue weighted by Crippen LogP contribution is 2.32. The van der Waals surface area contributed by atoms with Crippen LogP contribution in [-0.2, 0) is 11.2 Å². The molecule has 0 radical (unpaired) electrons. The average molecular weight is 370 g/mol. The van der Waals surface area contributed by atoms with Crippen LogP contribution < -0.4 is 5.32 Å². The molecule has 0 amide bonds. The van der Waals surface area contributed by atoms with E-state index in [2.05, 4.69) is 37.0 Å². The summed E-state index contributed by atoms with van der Waals surface area (Å²) in [6, 6.07) is 10.3. The van der Waals surface area contributed by atoms with E-state index in [-0.39, 0.29) is 11.3 Å². The molecule has 2 heteroatoms. The van der Waals surface area contributed by atoms with Gasteiger partial charge in [-0.3, -0.25) is 4.79 Å². The molecular formula is C25H39NO. The van der Waals surface area contributed by atoms with Crippen LogP contribution in [0.3, 0.4) is 0 Å². The minimum absolute atomic E-state index is 0.0277. The SMILES string of the molecule is C=C/C=C(\C=C/C)CC1CNCC(C)(Cc2ccccc2)C1=O.CC.CC. The summed E-state index contributed by atoms with van der Waals surface area (Å²) in [5, 5.41) is 3.47. The Labute approximate surface area is 167 Å². The summed E-state index contributed by atoms with van der Waals surface area (Å²) >= 11 is 0. The molecule has 150 valence electrons. The monoisotopic (exact) mass is 369 g/mol. The fourth-order valence-corrected chi connectivity index (χ4v) is 3.40. The van der Waals surface area contributed by atoms with Crippen LogP contribution in [0, 0.1) is 11.3 Å². The third kappa shape index (κ3) is 8.09. The highest BCUT2D eigenvalue weighted by Gasteiger charge is 2.40. The van der Waals surface area contributed by atoms with Gasteiger partial charge in [-0.15, -0.1) is 0 Å². The number of carbonyl (C=O) groups excluding carboxylic acids is 1. The lowest BCUT2D eigenvalue weighted by Gasteiger charge is -2.37. The van der Waals surface area contributed by atoms with E-state index in [1.807, 2.05) is 65.0 Å². The fourth-order valence-electron chi connectivity index (χ4n) is 3.40. The topological polar surface area (TPSA) is 29.1 Å². The normalized spacial score (nSPS) is 22.4. The second-order valence-electron chi connectivity index (χ2n) is 6.60. The number of ketones is 1. The fraction of sp³-hybridized carbons (Fsp3) is 0.480. The lowest BCUT2D eigenvalue weighted by molar-refractivity contribution is -0.133. The lowest BCUT2D eigenvalue weighted by atomic mass is 9.71.